The molecule has 0 atom stereocenters. The fourth-order valence-electron chi connectivity index (χ4n) is 3.68. The lowest BCUT2D eigenvalue weighted by molar-refractivity contribution is 0.139. The van der Waals surface area contributed by atoms with Gasteiger partial charge in [0.05, 0.1) is 18.8 Å². The maximum atomic E-state index is 11.8. The quantitative estimate of drug-likeness (QED) is 0.236. The van der Waals surface area contributed by atoms with Crippen molar-refractivity contribution in [2.75, 3.05) is 6.61 Å². The molecule has 33 heavy (non-hydrogen) atoms. The van der Waals surface area contributed by atoms with E-state index in [0.29, 0.717) is 6.54 Å². The van der Waals surface area contributed by atoms with Crippen LogP contribution in [0.1, 0.15) is 95.2 Å². The SMILES string of the molecule is CCCCCCCCCCCCCCOc1ccc(COC(=O)NCc2ccccn2)cc1. The number of hydrogen-bond donors (Lipinski definition) is 1. The zero-order valence-corrected chi connectivity index (χ0v) is 20.4. The highest BCUT2D eigenvalue weighted by atomic mass is 16.5. The molecule has 1 aromatic carbocycles. The van der Waals surface area contributed by atoms with E-state index in [9.17, 15) is 4.79 Å². The number of ether oxygens (including phenoxy) is 2. The number of benzene rings is 1. The van der Waals surface area contributed by atoms with Crippen LogP contribution < -0.4 is 10.1 Å². The molecular weight excluding hydrogens is 412 g/mol. The lowest BCUT2D eigenvalue weighted by Crippen LogP contribution is -2.24. The number of aromatic nitrogens is 1. The molecule has 0 bridgehead atoms. The van der Waals surface area contributed by atoms with Gasteiger partial charge in [-0.05, 0) is 36.2 Å². The molecule has 0 aliphatic rings. The minimum Gasteiger partial charge on any atom is -0.494 e. The number of rotatable bonds is 18. The Morgan fingerprint density at radius 3 is 2.06 bits per heavy atom. The molecule has 0 radical (unpaired) electrons. The molecule has 0 unspecified atom stereocenters. The second kappa shape index (κ2) is 17.9. The van der Waals surface area contributed by atoms with Crippen molar-refractivity contribution in [1.82, 2.24) is 10.3 Å². The normalized spacial score (nSPS) is 10.7. The molecule has 0 spiro atoms. The third-order valence-electron chi connectivity index (χ3n) is 5.70. The van der Waals surface area contributed by atoms with E-state index in [1.54, 1.807) is 6.20 Å². The summed E-state index contributed by atoms with van der Waals surface area (Å²) >= 11 is 0. The van der Waals surface area contributed by atoms with Crippen molar-refractivity contribution in [3.8, 4) is 5.75 Å². The summed E-state index contributed by atoms with van der Waals surface area (Å²) in [7, 11) is 0. The van der Waals surface area contributed by atoms with Crippen LogP contribution in [0.4, 0.5) is 4.79 Å². The van der Waals surface area contributed by atoms with Gasteiger partial charge in [-0.3, -0.25) is 4.98 Å². The average Bonchev–Trinajstić information content (AvgIpc) is 2.85. The molecule has 0 fully saturated rings. The largest absolute Gasteiger partial charge is 0.494 e. The van der Waals surface area contributed by atoms with Crippen LogP contribution in [0, 0.1) is 0 Å². The summed E-state index contributed by atoms with van der Waals surface area (Å²) in [5.41, 5.74) is 1.73. The number of unbranched alkanes of at least 4 members (excludes halogenated alkanes) is 11. The Bertz CT molecular complexity index is 735. The van der Waals surface area contributed by atoms with E-state index < -0.39 is 6.09 Å². The Morgan fingerprint density at radius 2 is 1.45 bits per heavy atom. The van der Waals surface area contributed by atoms with Crippen molar-refractivity contribution < 1.29 is 14.3 Å². The molecule has 5 heteroatoms. The Labute approximate surface area is 200 Å². The number of pyridine rings is 1. The van der Waals surface area contributed by atoms with E-state index in [2.05, 4.69) is 17.2 Å². The van der Waals surface area contributed by atoms with Crippen LogP contribution in [0.3, 0.4) is 0 Å². The third-order valence-corrected chi connectivity index (χ3v) is 5.70. The van der Waals surface area contributed by atoms with Gasteiger partial charge in [-0.2, -0.15) is 0 Å². The Hall–Kier alpha value is -2.56. The summed E-state index contributed by atoms with van der Waals surface area (Å²) in [6, 6.07) is 13.3. The van der Waals surface area contributed by atoms with Gasteiger partial charge in [0.2, 0.25) is 0 Å². The summed E-state index contributed by atoms with van der Waals surface area (Å²) in [6.45, 7) is 3.61. The van der Waals surface area contributed by atoms with Crippen LogP contribution >= 0.6 is 0 Å². The van der Waals surface area contributed by atoms with Gasteiger partial charge in [0.1, 0.15) is 12.4 Å². The van der Waals surface area contributed by atoms with Crippen LogP contribution in [0.5, 0.6) is 5.75 Å². The van der Waals surface area contributed by atoms with Gasteiger partial charge in [0.15, 0.2) is 0 Å². The molecule has 5 nitrogen and oxygen atoms in total. The first-order chi connectivity index (χ1) is 16.3. The van der Waals surface area contributed by atoms with Crippen molar-refractivity contribution >= 4 is 6.09 Å². The van der Waals surface area contributed by atoms with Gasteiger partial charge in [-0.15, -0.1) is 0 Å². The number of alkyl carbamates (subject to hydrolysis) is 1. The Balaban J connectivity index is 1.44. The number of nitrogens with zero attached hydrogens (tertiary/aromatic N) is 1. The standard InChI is InChI=1S/C28H42N2O3/c1-2-3-4-5-6-7-8-9-10-11-12-15-22-32-27-19-17-25(18-20-27)24-33-28(31)30-23-26-16-13-14-21-29-26/h13-14,16-21H,2-12,15,22-24H2,1H3,(H,30,31). The highest BCUT2D eigenvalue weighted by Gasteiger charge is 2.04. The van der Waals surface area contributed by atoms with Crippen molar-refractivity contribution in [3.05, 3.63) is 59.9 Å². The van der Waals surface area contributed by atoms with Gasteiger partial charge >= 0.3 is 6.09 Å². The predicted octanol–water partition coefficient (Wildman–Crippen LogP) is 7.59. The molecule has 1 aromatic heterocycles. The van der Waals surface area contributed by atoms with Gasteiger partial charge in [0, 0.05) is 6.20 Å². The molecule has 0 aliphatic heterocycles. The van der Waals surface area contributed by atoms with E-state index in [1.165, 1.54) is 70.6 Å². The smallest absolute Gasteiger partial charge is 0.407 e. The fraction of sp³-hybridized carbons (Fsp3) is 0.571. The van der Waals surface area contributed by atoms with E-state index in [1.807, 2.05) is 42.5 Å². The molecule has 1 N–H and O–H groups in total. The topological polar surface area (TPSA) is 60.5 Å². The first-order valence-electron chi connectivity index (χ1n) is 12.8. The van der Waals surface area contributed by atoms with E-state index in [0.717, 1.165) is 30.0 Å². The number of nitrogens with one attached hydrogen (secondary N) is 1. The Morgan fingerprint density at radius 1 is 0.818 bits per heavy atom. The molecule has 1 amide bonds. The highest BCUT2D eigenvalue weighted by Crippen LogP contribution is 2.15. The molecule has 2 aromatic rings. The minimum atomic E-state index is -0.451. The van der Waals surface area contributed by atoms with Crippen LogP contribution in [0.2, 0.25) is 0 Å². The number of carbonyl (C=O) groups is 1. The molecule has 1 heterocycles. The number of amides is 1. The minimum absolute atomic E-state index is 0.229. The number of hydrogen-bond acceptors (Lipinski definition) is 4. The number of carbonyl (C=O) groups excluding carboxylic acids is 1. The predicted molar refractivity (Wildman–Crippen MR) is 134 cm³/mol. The first-order valence-corrected chi connectivity index (χ1v) is 12.8. The maximum Gasteiger partial charge on any atom is 0.407 e. The van der Waals surface area contributed by atoms with E-state index in [4.69, 9.17) is 9.47 Å². The monoisotopic (exact) mass is 454 g/mol. The van der Waals surface area contributed by atoms with Gasteiger partial charge in [0.25, 0.3) is 0 Å². The lowest BCUT2D eigenvalue weighted by Gasteiger charge is -2.09. The zero-order chi connectivity index (χ0) is 23.4. The van der Waals surface area contributed by atoms with Crippen molar-refractivity contribution in [3.63, 3.8) is 0 Å². The molecule has 0 saturated heterocycles. The summed E-state index contributed by atoms with van der Waals surface area (Å²) in [5.74, 6) is 0.862. The Kier molecular flexibility index (Phi) is 14.5. The molecule has 0 aliphatic carbocycles. The molecule has 182 valence electrons. The van der Waals surface area contributed by atoms with Crippen LogP contribution in [-0.4, -0.2) is 17.7 Å². The second-order valence-corrected chi connectivity index (χ2v) is 8.63. The van der Waals surface area contributed by atoms with E-state index in [-0.39, 0.29) is 6.61 Å². The van der Waals surface area contributed by atoms with E-state index >= 15 is 0 Å². The summed E-state index contributed by atoms with van der Waals surface area (Å²) < 4.78 is 11.1. The van der Waals surface area contributed by atoms with Gasteiger partial charge in [-0.25, -0.2) is 4.79 Å². The second-order valence-electron chi connectivity index (χ2n) is 8.63. The zero-order valence-electron chi connectivity index (χ0n) is 20.4. The fourth-order valence-corrected chi connectivity index (χ4v) is 3.68. The molecular formula is C28H42N2O3. The van der Waals surface area contributed by atoms with Crippen molar-refractivity contribution in [2.24, 2.45) is 0 Å². The van der Waals surface area contributed by atoms with Crippen molar-refractivity contribution in [2.45, 2.75) is 97.1 Å². The van der Waals surface area contributed by atoms with Crippen LogP contribution in [-0.2, 0) is 17.9 Å². The summed E-state index contributed by atoms with van der Waals surface area (Å²) in [4.78, 5) is 16.0. The maximum absolute atomic E-state index is 11.8. The summed E-state index contributed by atoms with van der Waals surface area (Å²) in [5, 5.41) is 2.70. The first kappa shape index (κ1) is 26.7. The molecule has 2 rings (SSSR count). The third kappa shape index (κ3) is 13.6. The van der Waals surface area contributed by atoms with Crippen molar-refractivity contribution in [1.29, 1.82) is 0 Å². The molecule has 0 saturated carbocycles. The van der Waals surface area contributed by atoms with Gasteiger partial charge < -0.3 is 14.8 Å². The summed E-state index contributed by atoms with van der Waals surface area (Å²) in [6.07, 6.45) is 17.4. The average molecular weight is 455 g/mol. The highest BCUT2D eigenvalue weighted by molar-refractivity contribution is 5.67. The van der Waals surface area contributed by atoms with Gasteiger partial charge in [-0.1, -0.05) is 95.8 Å². The van der Waals surface area contributed by atoms with Crippen LogP contribution in [0.15, 0.2) is 48.7 Å². The lowest BCUT2D eigenvalue weighted by atomic mass is 10.1. The van der Waals surface area contributed by atoms with Crippen LogP contribution in [0.25, 0.3) is 0 Å².